The van der Waals surface area contributed by atoms with Crippen LogP contribution in [-0.2, 0) is 9.53 Å². The second kappa shape index (κ2) is 4.97. The van der Waals surface area contributed by atoms with Gasteiger partial charge in [0.15, 0.2) is 0 Å². The van der Waals surface area contributed by atoms with Crippen LogP contribution in [0.1, 0.15) is 46.5 Å². The molecule has 2 N–H and O–H groups in total. The maximum atomic E-state index is 11.0. The Balaban J connectivity index is 2.33. The fourth-order valence-corrected chi connectivity index (χ4v) is 2.28. The molecule has 0 aromatic heterocycles. The van der Waals surface area contributed by atoms with E-state index in [4.69, 9.17) is 10.5 Å². The quantitative estimate of drug-likeness (QED) is 0.715. The highest BCUT2D eigenvalue weighted by Crippen LogP contribution is 2.38. The predicted molar refractivity (Wildman–Crippen MR) is 60.3 cm³/mol. The summed E-state index contributed by atoms with van der Waals surface area (Å²) in [5.41, 5.74) is 5.59. The van der Waals surface area contributed by atoms with Crippen molar-refractivity contribution in [3.8, 4) is 0 Å². The Morgan fingerprint density at radius 2 is 1.80 bits per heavy atom. The molecule has 0 aromatic rings. The summed E-state index contributed by atoms with van der Waals surface area (Å²) in [5.74, 6) is 0.486. The van der Waals surface area contributed by atoms with Gasteiger partial charge in [0.05, 0.1) is 6.54 Å². The molecule has 0 aromatic carbocycles. The average molecular weight is 213 g/mol. The van der Waals surface area contributed by atoms with E-state index in [1.54, 1.807) is 0 Å². The number of esters is 1. The lowest BCUT2D eigenvalue weighted by Gasteiger charge is -2.36. The highest BCUT2D eigenvalue weighted by atomic mass is 16.5. The Kier molecular flexibility index (Phi) is 4.14. The van der Waals surface area contributed by atoms with Crippen LogP contribution in [0.3, 0.4) is 0 Å². The highest BCUT2D eigenvalue weighted by molar-refractivity contribution is 5.71. The molecule has 0 aliphatic heterocycles. The summed E-state index contributed by atoms with van der Waals surface area (Å²) in [6.45, 7) is 6.84. The zero-order valence-electron chi connectivity index (χ0n) is 10.1. The molecule has 3 heteroatoms. The van der Waals surface area contributed by atoms with Crippen LogP contribution >= 0.6 is 0 Å². The van der Waals surface area contributed by atoms with Crippen molar-refractivity contribution in [1.29, 1.82) is 0 Å². The third-order valence-corrected chi connectivity index (χ3v) is 3.36. The molecule has 3 nitrogen and oxygen atoms in total. The number of nitrogens with two attached hydrogens (primary N) is 1. The summed E-state index contributed by atoms with van der Waals surface area (Å²) in [6.07, 6.45) is 4.42. The Morgan fingerprint density at radius 1 is 1.27 bits per heavy atom. The molecule has 1 aliphatic carbocycles. The van der Waals surface area contributed by atoms with Gasteiger partial charge in [0.25, 0.3) is 0 Å². The first-order valence-electron chi connectivity index (χ1n) is 5.83. The molecule has 1 fully saturated rings. The second-order valence-corrected chi connectivity index (χ2v) is 5.53. The zero-order chi connectivity index (χ0) is 11.5. The smallest absolute Gasteiger partial charge is 0.319 e. The Bertz CT molecular complexity index is 212. The molecule has 1 aliphatic rings. The number of ether oxygens (including phenoxy) is 1. The van der Waals surface area contributed by atoms with Gasteiger partial charge >= 0.3 is 5.97 Å². The molecule has 88 valence electrons. The molecule has 0 heterocycles. The molecule has 1 saturated carbocycles. The molecular formula is C12H23NO2. The fourth-order valence-electron chi connectivity index (χ4n) is 2.28. The number of carbonyl (C=O) groups excluding carboxylic acids is 1. The van der Waals surface area contributed by atoms with Gasteiger partial charge in [-0.15, -0.1) is 0 Å². The molecular weight excluding hydrogens is 190 g/mol. The third-order valence-electron chi connectivity index (χ3n) is 3.36. The number of carbonyl (C=O) groups is 1. The van der Waals surface area contributed by atoms with E-state index in [2.05, 4.69) is 20.8 Å². The highest BCUT2D eigenvalue weighted by Gasteiger charge is 2.30. The van der Waals surface area contributed by atoms with Crippen molar-refractivity contribution in [2.24, 2.45) is 17.1 Å². The largest absolute Gasteiger partial charge is 0.461 e. The summed E-state index contributed by atoms with van der Waals surface area (Å²) >= 11 is 0. The van der Waals surface area contributed by atoms with E-state index < -0.39 is 0 Å². The normalized spacial score (nSPS) is 27.5. The monoisotopic (exact) mass is 213 g/mol. The molecule has 0 spiro atoms. The van der Waals surface area contributed by atoms with Crippen LogP contribution in [0.25, 0.3) is 0 Å². The van der Waals surface area contributed by atoms with Crippen LogP contribution in [0.15, 0.2) is 0 Å². The first kappa shape index (κ1) is 12.5. The van der Waals surface area contributed by atoms with Crippen LogP contribution in [-0.4, -0.2) is 18.6 Å². The molecule has 0 amide bonds. The molecule has 1 rings (SSSR count). The van der Waals surface area contributed by atoms with E-state index in [9.17, 15) is 4.79 Å². The first-order chi connectivity index (χ1) is 6.93. The van der Waals surface area contributed by atoms with Crippen molar-refractivity contribution < 1.29 is 9.53 Å². The van der Waals surface area contributed by atoms with E-state index in [0.717, 1.165) is 31.6 Å². The SMILES string of the molecule is CC(C)(C)C1CCC(OC(=O)CN)CC1. The van der Waals surface area contributed by atoms with Crippen molar-refractivity contribution in [2.45, 2.75) is 52.6 Å². The van der Waals surface area contributed by atoms with Crippen LogP contribution in [0.5, 0.6) is 0 Å². The molecule has 15 heavy (non-hydrogen) atoms. The minimum absolute atomic E-state index is 0.000794. The lowest BCUT2D eigenvalue weighted by atomic mass is 9.72. The predicted octanol–water partition coefficient (Wildman–Crippen LogP) is 2.09. The van der Waals surface area contributed by atoms with Gasteiger partial charge < -0.3 is 10.5 Å². The maximum Gasteiger partial charge on any atom is 0.319 e. The lowest BCUT2D eigenvalue weighted by Crippen LogP contribution is -2.31. The first-order valence-corrected chi connectivity index (χ1v) is 5.83. The van der Waals surface area contributed by atoms with Crippen molar-refractivity contribution >= 4 is 5.97 Å². The van der Waals surface area contributed by atoms with E-state index in [1.807, 2.05) is 0 Å². The third kappa shape index (κ3) is 3.82. The van der Waals surface area contributed by atoms with Crippen LogP contribution in [0.4, 0.5) is 0 Å². The van der Waals surface area contributed by atoms with E-state index in [-0.39, 0.29) is 18.6 Å². The van der Waals surface area contributed by atoms with Gasteiger partial charge in [0.2, 0.25) is 0 Å². The zero-order valence-corrected chi connectivity index (χ0v) is 10.1. The second-order valence-electron chi connectivity index (χ2n) is 5.53. The fraction of sp³-hybridized carbons (Fsp3) is 0.917. The topological polar surface area (TPSA) is 52.3 Å². The average Bonchev–Trinajstić information content (AvgIpc) is 2.17. The molecule has 0 atom stereocenters. The number of hydrogen-bond acceptors (Lipinski definition) is 3. The van der Waals surface area contributed by atoms with Gasteiger partial charge in [-0.2, -0.15) is 0 Å². The van der Waals surface area contributed by atoms with Crippen molar-refractivity contribution in [1.82, 2.24) is 0 Å². The van der Waals surface area contributed by atoms with Crippen molar-refractivity contribution in [3.63, 3.8) is 0 Å². The Labute approximate surface area is 92.4 Å². The number of hydrogen-bond donors (Lipinski definition) is 1. The molecule has 0 saturated heterocycles. The summed E-state index contributed by atoms with van der Waals surface area (Å²) in [6, 6.07) is 0. The van der Waals surface area contributed by atoms with E-state index in [0.29, 0.717) is 5.41 Å². The Hall–Kier alpha value is -0.570. The van der Waals surface area contributed by atoms with Crippen LogP contribution < -0.4 is 5.73 Å². The van der Waals surface area contributed by atoms with Gasteiger partial charge in [0, 0.05) is 0 Å². The maximum absolute atomic E-state index is 11.0. The van der Waals surface area contributed by atoms with Gasteiger partial charge in [-0.05, 0) is 37.0 Å². The van der Waals surface area contributed by atoms with Gasteiger partial charge in [-0.1, -0.05) is 20.8 Å². The standard InChI is InChI=1S/C12H23NO2/c1-12(2,3)9-4-6-10(7-5-9)15-11(14)8-13/h9-10H,4-8,13H2,1-3H3. The number of rotatable bonds is 2. The van der Waals surface area contributed by atoms with Gasteiger partial charge in [0.1, 0.15) is 6.10 Å². The molecule has 0 unspecified atom stereocenters. The minimum atomic E-state index is -0.269. The Morgan fingerprint density at radius 3 is 2.20 bits per heavy atom. The molecule has 0 radical (unpaired) electrons. The van der Waals surface area contributed by atoms with Gasteiger partial charge in [-0.25, -0.2) is 0 Å². The summed E-state index contributed by atoms with van der Waals surface area (Å²) < 4.78 is 5.24. The minimum Gasteiger partial charge on any atom is -0.461 e. The van der Waals surface area contributed by atoms with Crippen LogP contribution in [0.2, 0.25) is 0 Å². The van der Waals surface area contributed by atoms with Crippen molar-refractivity contribution in [2.75, 3.05) is 6.54 Å². The van der Waals surface area contributed by atoms with Crippen molar-refractivity contribution in [3.05, 3.63) is 0 Å². The summed E-state index contributed by atoms with van der Waals surface area (Å²) in [7, 11) is 0. The van der Waals surface area contributed by atoms with E-state index in [1.165, 1.54) is 0 Å². The van der Waals surface area contributed by atoms with E-state index >= 15 is 0 Å². The molecule has 0 bridgehead atoms. The van der Waals surface area contributed by atoms with Crippen LogP contribution in [0, 0.1) is 11.3 Å². The lowest BCUT2D eigenvalue weighted by molar-refractivity contribution is -0.149. The summed E-state index contributed by atoms with van der Waals surface area (Å²) in [5, 5.41) is 0. The van der Waals surface area contributed by atoms with Gasteiger partial charge in [-0.3, -0.25) is 4.79 Å². The summed E-state index contributed by atoms with van der Waals surface area (Å²) in [4.78, 5) is 11.0.